The topological polar surface area (TPSA) is 81.9 Å². The molecule has 2 rings (SSSR count). The number of ether oxygens (including phenoxy) is 2. The summed E-state index contributed by atoms with van der Waals surface area (Å²) in [4.78, 5) is 0.250. The normalized spacial score (nSPS) is 14.4. The fraction of sp³-hybridized carbons (Fsp3) is 0.684. The lowest BCUT2D eigenvalue weighted by molar-refractivity contribution is 0.174. The number of rotatable bonds is 10. The molecule has 0 aliphatic carbocycles. The zero-order valence-electron chi connectivity index (χ0n) is 16.3. The van der Waals surface area contributed by atoms with Gasteiger partial charge < -0.3 is 15.2 Å². The largest absolute Gasteiger partial charge is 0.454 e. The summed E-state index contributed by atoms with van der Waals surface area (Å²) in [7, 11) is -3.61. The SMILES string of the molecule is CC(C)CN(CC(C)(C)CCCCN)S(=O)(=O)c1ccc2c(c1)OCO2. The van der Waals surface area contributed by atoms with E-state index in [0.717, 1.165) is 19.3 Å². The van der Waals surface area contributed by atoms with E-state index in [9.17, 15) is 8.42 Å². The third kappa shape index (κ3) is 5.34. The molecule has 6 nitrogen and oxygen atoms in total. The van der Waals surface area contributed by atoms with E-state index in [4.69, 9.17) is 15.2 Å². The average molecular weight is 385 g/mol. The summed E-state index contributed by atoms with van der Waals surface area (Å²) in [6, 6.07) is 4.82. The van der Waals surface area contributed by atoms with E-state index >= 15 is 0 Å². The van der Waals surface area contributed by atoms with Crippen LogP contribution in [-0.2, 0) is 10.0 Å². The van der Waals surface area contributed by atoms with Gasteiger partial charge in [-0.15, -0.1) is 0 Å². The lowest BCUT2D eigenvalue weighted by Crippen LogP contribution is -2.41. The predicted molar refractivity (Wildman–Crippen MR) is 103 cm³/mol. The Hall–Kier alpha value is -1.31. The summed E-state index contributed by atoms with van der Waals surface area (Å²) in [5.41, 5.74) is 5.47. The van der Waals surface area contributed by atoms with Gasteiger partial charge in [0.15, 0.2) is 11.5 Å². The summed E-state index contributed by atoms with van der Waals surface area (Å²) >= 11 is 0. The molecule has 0 radical (unpaired) electrons. The molecule has 0 fully saturated rings. The molecule has 0 unspecified atom stereocenters. The van der Waals surface area contributed by atoms with Crippen LogP contribution in [0.15, 0.2) is 23.1 Å². The predicted octanol–water partition coefficient (Wildman–Crippen LogP) is 3.22. The molecule has 148 valence electrons. The van der Waals surface area contributed by atoms with Gasteiger partial charge in [-0.05, 0) is 42.9 Å². The molecular formula is C19H32N2O4S. The molecule has 7 heteroatoms. The second kappa shape index (κ2) is 8.59. The van der Waals surface area contributed by atoms with Gasteiger partial charge in [0, 0.05) is 19.2 Å². The Bertz CT molecular complexity index is 701. The molecule has 1 aromatic rings. The van der Waals surface area contributed by atoms with E-state index in [1.165, 1.54) is 0 Å². The molecule has 1 heterocycles. The van der Waals surface area contributed by atoms with Crippen LogP contribution in [0, 0.1) is 11.3 Å². The Morgan fingerprint density at radius 3 is 2.54 bits per heavy atom. The monoisotopic (exact) mass is 384 g/mol. The Morgan fingerprint density at radius 2 is 1.88 bits per heavy atom. The second-order valence-corrected chi connectivity index (χ2v) is 10.1. The molecule has 0 spiro atoms. The number of nitrogens with two attached hydrogens (primary N) is 1. The van der Waals surface area contributed by atoms with Gasteiger partial charge in [0.25, 0.3) is 0 Å². The van der Waals surface area contributed by atoms with Crippen molar-refractivity contribution in [3.8, 4) is 11.5 Å². The van der Waals surface area contributed by atoms with Crippen LogP contribution < -0.4 is 15.2 Å². The summed E-state index contributed by atoms with van der Waals surface area (Å²) < 4.78 is 38.8. The third-order valence-electron chi connectivity index (χ3n) is 4.46. The summed E-state index contributed by atoms with van der Waals surface area (Å²) in [6.45, 7) is 10.1. The average Bonchev–Trinajstić information content (AvgIpc) is 3.01. The zero-order valence-corrected chi connectivity index (χ0v) is 17.1. The fourth-order valence-electron chi connectivity index (χ4n) is 3.15. The van der Waals surface area contributed by atoms with E-state index in [-0.39, 0.29) is 23.0 Å². The molecule has 2 N–H and O–H groups in total. The van der Waals surface area contributed by atoms with E-state index in [1.807, 2.05) is 13.8 Å². The first-order chi connectivity index (χ1) is 12.2. The highest BCUT2D eigenvalue weighted by atomic mass is 32.2. The molecule has 1 aliphatic heterocycles. The number of sulfonamides is 1. The number of hydrogen-bond acceptors (Lipinski definition) is 5. The van der Waals surface area contributed by atoms with Crippen molar-refractivity contribution >= 4 is 10.0 Å². The minimum Gasteiger partial charge on any atom is -0.454 e. The Balaban J connectivity index is 2.24. The lowest BCUT2D eigenvalue weighted by Gasteiger charge is -2.33. The first kappa shape index (κ1) is 21.0. The van der Waals surface area contributed by atoms with Crippen LogP contribution >= 0.6 is 0 Å². The van der Waals surface area contributed by atoms with Gasteiger partial charge in [-0.3, -0.25) is 0 Å². The maximum absolute atomic E-state index is 13.3. The van der Waals surface area contributed by atoms with Gasteiger partial charge in [0.2, 0.25) is 16.8 Å². The van der Waals surface area contributed by atoms with Crippen molar-refractivity contribution in [1.82, 2.24) is 4.31 Å². The van der Waals surface area contributed by atoms with Crippen LogP contribution in [0.25, 0.3) is 0 Å². The fourth-order valence-corrected chi connectivity index (χ4v) is 4.95. The van der Waals surface area contributed by atoms with Crippen LogP contribution in [-0.4, -0.2) is 39.2 Å². The van der Waals surface area contributed by atoms with Crippen molar-refractivity contribution in [2.24, 2.45) is 17.1 Å². The molecule has 0 amide bonds. The number of fused-ring (bicyclic) bond motifs is 1. The standard InChI is InChI=1S/C19H32N2O4S/c1-15(2)12-21(13-19(3,4)9-5-6-10-20)26(22,23)16-7-8-17-18(11-16)25-14-24-17/h7-8,11,15H,5-6,9-10,12-14,20H2,1-4H3. The van der Waals surface area contributed by atoms with Crippen LogP contribution in [0.5, 0.6) is 11.5 Å². The third-order valence-corrected chi connectivity index (χ3v) is 6.27. The first-order valence-electron chi connectivity index (χ1n) is 9.25. The van der Waals surface area contributed by atoms with Gasteiger partial charge >= 0.3 is 0 Å². The number of hydrogen-bond donors (Lipinski definition) is 1. The van der Waals surface area contributed by atoms with Crippen LogP contribution in [0.1, 0.15) is 47.0 Å². The molecule has 1 aromatic carbocycles. The minimum atomic E-state index is -3.61. The first-order valence-corrected chi connectivity index (χ1v) is 10.7. The van der Waals surface area contributed by atoms with Crippen LogP contribution in [0.2, 0.25) is 0 Å². The summed E-state index contributed by atoms with van der Waals surface area (Å²) in [6.07, 6.45) is 2.90. The highest BCUT2D eigenvalue weighted by molar-refractivity contribution is 7.89. The molecule has 0 bridgehead atoms. The summed E-state index contributed by atoms with van der Waals surface area (Å²) in [5, 5.41) is 0. The molecule has 0 saturated carbocycles. The van der Waals surface area contributed by atoms with Crippen molar-refractivity contribution in [2.45, 2.75) is 51.9 Å². The highest BCUT2D eigenvalue weighted by Gasteiger charge is 2.32. The van der Waals surface area contributed by atoms with E-state index in [0.29, 0.717) is 31.1 Å². The van der Waals surface area contributed by atoms with Gasteiger partial charge in [0.05, 0.1) is 4.90 Å². The number of benzene rings is 1. The van der Waals surface area contributed by atoms with E-state index in [2.05, 4.69) is 13.8 Å². The van der Waals surface area contributed by atoms with E-state index < -0.39 is 10.0 Å². The quantitative estimate of drug-likeness (QED) is 0.626. The Kier molecular flexibility index (Phi) is 6.93. The molecule has 0 atom stereocenters. The van der Waals surface area contributed by atoms with Crippen molar-refractivity contribution < 1.29 is 17.9 Å². The minimum absolute atomic E-state index is 0.118. The highest BCUT2D eigenvalue weighted by Crippen LogP contribution is 2.35. The van der Waals surface area contributed by atoms with Gasteiger partial charge in [-0.2, -0.15) is 4.31 Å². The Labute approximate surface area is 157 Å². The lowest BCUT2D eigenvalue weighted by atomic mass is 9.87. The van der Waals surface area contributed by atoms with Crippen LogP contribution in [0.3, 0.4) is 0 Å². The maximum Gasteiger partial charge on any atom is 0.243 e. The van der Waals surface area contributed by atoms with Gasteiger partial charge in [0.1, 0.15) is 0 Å². The molecule has 0 saturated heterocycles. The Morgan fingerprint density at radius 1 is 1.19 bits per heavy atom. The molecule has 1 aliphatic rings. The van der Waals surface area contributed by atoms with Gasteiger partial charge in [-0.1, -0.05) is 34.1 Å². The van der Waals surface area contributed by atoms with Crippen molar-refractivity contribution in [1.29, 1.82) is 0 Å². The van der Waals surface area contributed by atoms with Gasteiger partial charge in [-0.25, -0.2) is 8.42 Å². The second-order valence-electron chi connectivity index (χ2n) is 8.12. The molecule has 26 heavy (non-hydrogen) atoms. The van der Waals surface area contributed by atoms with Crippen molar-refractivity contribution in [3.05, 3.63) is 18.2 Å². The summed E-state index contributed by atoms with van der Waals surface area (Å²) in [5.74, 6) is 1.30. The van der Waals surface area contributed by atoms with Crippen molar-refractivity contribution in [2.75, 3.05) is 26.4 Å². The smallest absolute Gasteiger partial charge is 0.243 e. The van der Waals surface area contributed by atoms with Crippen LogP contribution in [0.4, 0.5) is 0 Å². The number of nitrogens with zero attached hydrogens (tertiary/aromatic N) is 1. The maximum atomic E-state index is 13.3. The molecule has 0 aromatic heterocycles. The number of unbranched alkanes of at least 4 members (excludes halogenated alkanes) is 1. The van der Waals surface area contributed by atoms with E-state index in [1.54, 1.807) is 22.5 Å². The zero-order chi connectivity index (χ0) is 19.4. The van der Waals surface area contributed by atoms with Crippen molar-refractivity contribution in [3.63, 3.8) is 0 Å². The molecular weight excluding hydrogens is 352 g/mol.